The predicted octanol–water partition coefficient (Wildman–Crippen LogP) is 3.50. The first-order chi connectivity index (χ1) is 7.86. The summed E-state index contributed by atoms with van der Waals surface area (Å²) in [6, 6.07) is 0.808. The Bertz CT molecular complexity index is 157. The van der Waals surface area contributed by atoms with Gasteiger partial charge in [-0.15, -0.1) is 0 Å². The molecule has 2 nitrogen and oxygen atoms in total. The second-order valence-electron chi connectivity index (χ2n) is 5.02. The lowest BCUT2D eigenvalue weighted by atomic mass is 10.2. The molecule has 0 saturated heterocycles. The highest BCUT2D eigenvalue weighted by atomic mass is 16.5. The van der Waals surface area contributed by atoms with Gasteiger partial charge in [0.1, 0.15) is 0 Å². The summed E-state index contributed by atoms with van der Waals surface area (Å²) in [5.41, 5.74) is 0. The van der Waals surface area contributed by atoms with Gasteiger partial charge in [-0.2, -0.15) is 0 Å². The van der Waals surface area contributed by atoms with Crippen LogP contribution in [0, 0.1) is 0 Å². The molecule has 0 radical (unpaired) electrons. The van der Waals surface area contributed by atoms with Crippen LogP contribution < -0.4 is 5.32 Å². The van der Waals surface area contributed by atoms with Gasteiger partial charge in [-0.05, 0) is 25.7 Å². The van der Waals surface area contributed by atoms with E-state index in [1.165, 1.54) is 51.4 Å². The molecule has 0 aliphatic heterocycles. The largest absolute Gasteiger partial charge is 0.377 e. The van der Waals surface area contributed by atoms with Crippen molar-refractivity contribution in [3.8, 4) is 0 Å². The molecule has 1 atom stereocenters. The van der Waals surface area contributed by atoms with E-state index in [0.29, 0.717) is 6.10 Å². The summed E-state index contributed by atoms with van der Waals surface area (Å²) in [5.74, 6) is 0. The fourth-order valence-electron chi connectivity index (χ4n) is 1.93. The summed E-state index contributed by atoms with van der Waals surface area (Å²) in [7, 11) is 0. The lowest BCUT2D eigenvalue weighted by Crippen LogP contribution is -2.30. The van der Waals surface area contributed by atoms with Crippen LogP contribution in [-0.2, 0) is 4.74 Å². The summed E-state index contributed by atoms with van der Waals surface area (Å²) < 4.78 is 5.94. The second-order valence-corrected chi connectivity index (χ2v) is 5.02. The van der Waals surface area contributed by atoms with Crippen LogP contribution in [0.1, 0.15) is 65.2 Å². The Kier molecular flexibility index (Phi) is 7.87. The third-order valence-corrected chi connectivity index (χ3v) is 3.17. The minimum absolute atomic E-state index is 0.451. The first-order valence-electron chi connectivity index (χ1n) is 7.21. The molecular formula is C14H29NO. The number of hydrogen-bond acceptors (Lipinski definition) is 2. The molecule has 0 spiro atoms. The van der Waals surface area contributed by atoms with E-state index in [0.717, 1.165) is 19.2 Å². The van der Waals surface area contributed by atoms with Gasteiger partial charge in [-0.3, -0.25) is 0 Å². The van der Waals surface area contributed by atoms with Crippen molar-refractivity contribution in [2.45, 2.75) is 77.4 Å². The highest BCUT2D eigenvalue weighted by Gasteiger charge is 2.21. The van der Waals surface area contributed by atoms with Crippen LogP contribution in [0.25, 0.3) is 0 Å². The summed E-state index contributed by atoms with van der Waals surface area (Å²) in [6.45, 7) is 6.51. The molecule has 0 bridgehead atoms. The van der Waals surface area contributed by atoms with Crippen LogP contribution in [0.3, 0.4) is 0 Å². The van der Waals surface area contributed by atoms with E-state index < -0.39 is 0 Å². The van der Waals surface area contributed by atoms with Gasteiger partial charge in [-0.1, -0.05) is 39.5 Å². The zero-order chi connectivity index (χ0) is 11.6. The maximum absolute atomic E-state index is 5.94. The molecular weight excluding hydrogens is 198 g/mol. The molecule has 1 rings (SSSR count). The third kappa shape index (κ3) is 7.24. The van der Waals surface area contributed by atoms with Gasteiger partial charge in [0.05, 0.1) is 6.10 Å². The molecule has 16 heavy (non-hydrogen) atoms. The minimum Gasteiger partial charge on any atom is -0.377 e. The Balaban J connectivity index is 1.97. The Morgan fingerprint density at radius 1 is 1.12 bits per heavy atom. The molecule has 1 unspecified atom stereocenters. The lowest BCUT2D eigenvalue weighted by Gasteiger charge is -2.17. The van der Waals surface area contributed by atoms with Crippen LogP contribution >= 0.6 is 0 Å². The first kappa shape index (κ1) is 14.0. The molecule has 0 aromatic heterocycles. The summed E-state index contributed by atoms with van der Waals surface area (Å²) in [6.07, 6.45) is 10.8. The summed E-state index contributed by atoms with van der Waals surface area (Å²) in [4.78, 5) is 0. The Hall–Kier alpha value is -0.0800. The van der Waals surface area contributed by atoms with Crippen LogP contribution in [0.5, 0.6) is 0 Å². The number of ether oxygens (including phenoxy) is 1. The van der Waals surface area contributed by atoms with E-state index >= 15 is 0 Å². The van der Waals surface area contributed by atoms with Gasteiger partial charge < -0.3 is 10.1 Å². The van der Waals surface area contributed by atoms with Crippen LogP contribution in [0.4, 0.5) is 0 Å². The van der Waals surface area contributed by atoms with Crippen molar-refractivity contribution in [1.82, 2.24) is 5.32 Å². The number of rotatable bonds is 11. The summed E-state index contributed by atoms with van der Waals surface area (Å²) >= 11 is 0. The highest BCUT2D eigenvalue weighted by molar-refractivity contribution is 4.82. The molecule has 1 fully saturated rings. The maximum Gasteiger partial charge on any atom is 0.0699 e. The van der Waals surface area contributed by atoms with E-state index in [1.54, 1.807) is 0 Å². The Labute approximate surface area is 101 Å². The molecule has 1 aliphatic rings. The fraction of sp³-hybridized carbons (Fsp3) is 1.00. The van der Waals surface area contributed by atoms with Gasteiger partial charge in [0.2, 0.25) is 0 Å². The van der Waals surface area contributed by atoms with Crippen molar-refractivity contribution >= 4 is 0 Å². The van der Waals surface area contributed by atoms with E-state index in [-0.39, 0.29) is 0 Å². The van der Waals surface area contributed by atoms with E-state index in [9.17, 15) is 0 Å². The molecule has 0 heterocycles. The van der Waals surface area contributed by atoms with Gasteiger partial charge in [-0.25, -0.2) is 0 Å². The number of unbranched alkanes of at least 4 members (excludes halogenated alkanes) is 3. The van der Waals surface area contributed by atoms with E-state index in [2.05, 4.69) is 19.2 Å². The fourth-order valence-corrected chi connectivity index (χ4v) is 1.93. The zero-order valence-corrected chi connectivity index (χ0v) is 11.1. The molecule has 96 valence electrons. The second kappa shape index (κ2) is 9.00. The van der Waals surface area contributed by atoms with Crippen LogP contribution in [0.15, 0.2) is 0 Å². The Morgan fingerprint density at radius 3 is 2.56 bits per heavy atom. The highest BCUT2D eigenvalue weighted by Crippen LogP contribution is 2.19. The normalized spacial score (nSPS) is 17.6. The number of hydrogen-bond donors (Lipinski definition) is 1. The standard InChI is InChI=1S/C14H29NO/c1-3-5-6-7-11-16-14(8-4-2)12-15-13-9-10-13/h13-15H,3-12H2,1-2H3. The topological polar surface area (TPSA) is 21.3 Å². The molecule has 0 amide bonds. The number of nitrogens with one attached hydrogen (secondary N) is 1. The molecule has 1 N–H and O–H groups in total. The minimum atomic E-state index is 0.451. The van der Waals surface area contributed by atoms with Gasteiger partial charge in [0.15, 0.2) is 0 Å². The van der Waals surface area contributed by atoms with Crippen molar-refractivity contribution in [2.75, 3.05) is 13.2 Å². The predicted molar refractivity (Wildman–Crippen MR) is 69.8 cm³/mol. The smallest absolute Gasteiger partial charge is 0.0699 e. The third-order valence-electron chi connectivity index (χ3n) is 3.17. The maximum atomic E-state index is 5.94. The monoisotopic (exact) mass is 227 g/mol. The average Bonchev–Trinajstić information content (AvgIpc) is 3.09. The molecule has 1 saturated carbocycles. The molecule has 0 aromatic carbocycles. The van der Waals surface area contributed by atoms with Crippen LogP contribution in [0.2, 0.25) is 0 Å². The van der Waals surface area contributed by atoms with Crippen molar-refractivity contribution in [3.05, 3.63) is 0 Å². The van der Waals surface area contributed by atoms with Gasteiger partial charge in [0.25, 0.3) is 0 Å². The Morgan fingerprint density at radius 2 is 1.94 bits per heavy atom. The quantitative estimate of drug-likeness (QED) is 0.545. The van der Waals surface area contributed by atoms with Crippen molar-refractivity contribution in [1.29, 1.82) is 0 Å². The SMILES string of the molecule is CCCCCCOC(CCC)CNC1CC1. The molecule has 0 aromatic rings. The molecule has 2 heteroatoms. The van der Waals surface area contributed by atoms with Gasteiger partial charge >= 0.3 is 0 Å². The van der Waals surface area contributed by atoms with E-state index in [4.69, 9.17) is 4.74 Å². The zero-order valence-electron chi connectivity index (χ0n) is 11.1. The van der Waals surface area contributed by atoms with Crippen molar-refractivity contribution in [3.63, 3.8) is 0 Å². The first-order valence-corrected chi connectivity index (χ1v) is 7.21. The summed E-state index contributed by atoms with van der Waals surface area (Å²) in [5, 5.41) is 3.57. The average molecular weight is 227 g/mol. The van der Waals surface area contributed by atoms with Crippen molar-refractivity contribution in [2.24, 2.45) is 0 Å². The lowest BCUT2D eigenvalue weighted by molar-refractivity contribution is 0.0443. The van der Waals surface area contributed by atoms with Crippen LogP contribution in [-0.4, -0.2) is 25.3 Å². The van der Waals surface area contributed by atoms with E-state index in [1.807, 2.05) is 0 Å². The van der Waals surface area contributed by atoms with Crippen molar-refractivity contribution < 1.29 is 4.74 Å². The molecule has 1 aliphatic carbocycles. The van der Waals surface area contributed by atoms with Gasteiger partial charge in [0, 0.05) is 19.2 Å².